The molecule has 0 saturated heterocycles. The normalized spacial score (nSPS) is 16.2. The number of carbonyl (C=O) groups is 1. The summed E-state index contributed by atoms with van der Waals surface area (Å²) in [5, 5.41) is 10.3. The molecule has 0 spiro atoms. The number of benzene rings is 2. The van der Waals surface area contributed by atoms with E-state index in [1.165, 1.54) is 24.6 Å². The van der Waals surface area contributed by atoms with Gasteiger partial charge in [0.05, 0.1) is 11.0 Å². The Bertz CT molecular complexity index is 995. The molecule has 6 nitrogen and oxygen atoms in total. The summed E-state index contributed by atoms with van der Waals surface area (Å²) in [6.45, 7) is 7.94. The summed E-state index contributed by atoms with van der Waals surface area (Å²) >= 11 is 0. The van der Waals surface area contributed by atoms with Gasteiger partial charge < -0.3 is 10.0 Å². The highest BCUT2D eigenvalue weighted by atomic mass is 32.2. The van der Waals surface area contributed by atoms with E-state index in [1.807, 2.05) is 19.1 Å². The molecule has 0 heterocycles. The molecular weight excluding hydrogens is 412 g/mol. The van der Waals surface area contributed by atoms with Crippen LogP contribution >= 0.6 is 0 Å². The lowest BCUT2D eigenvalue weighted by Crippen LogP contribution is -2.53. The minimum atomic E-state index is -3.95. The number of nitrogens with one attached hydrogen (secondary N) is 1. The maximum atomic E-state index is 13.3. The summed E-state index contributed by atoms with van der Waals surface area (Å²) in [6, 6.07) is 13.3. The molecule has 1 amide bonds. The molecule has 0 aliphatic heterocycles. The second-order valence-electron chi connectivity index (χ2n) is 8.75. The van der Waals surface area contributed by atoms with E-state index in [0.29, 0.717) is 12.5 Å². The van der Waals surface area contributed by atoms with Crippen LogP contribution in [0.1, 0.15) is 56.2 Å². The summed E-state index contributed by atoms with van der Waals surface area (Å²) in [7, 11) is -3.95. The fraction of sp³-hybridized carbons (Fsp3) is 0.458. The van der Waals surface area contributed by atoms with E-state index in [4.69, 9.17) is 0 Å². The Morgan fingerprint density at radius 1 is 1.06 bits per heavy atom. The molecule has 0 bridgehead atoms. The van der Waals surface area contributed by atoms with Crippen LogP contribution in [0.5, 0.6) is 0 Å². The second-order valence-corrected chi connectivity index (χ2v) is 10.5. The van der Waals surface area contributed by atoms with Gasteiger partial charge in [-0.3, -0.25) is 4.79 Å². The number of hydrogen-bond donors (Lipinski definition) is 2. The van der Waals surface area contributed by atoms with Crippen molar-refractivity contribution in [1.29, 1.82) is 0 Å². The molecule has 2 aromatic rings. The molecule has 2 unspecified atom stereocenters. The third-order valence-electron chi connectivity index (χ3n) is 5.63. The Hall–Kier alpha value is -2.22. The lowest BCUT2D eigenvalue weighted by molar-refractivity contribution is -0.136. The van der Waals surface area contributed by atoms with Crippen molar-refractivity contribution in [2.75, 3.05) is 0 Å². The number of hydrogen-bond acceptors (Lipinski definition) is 4. The van der Waals surface area contributed by atoms with Crippen LogP contribution in [0.3, 0.4) is 0 Å². The van der Waals surface area contributed by atoms with Crippen LogP contribution in [0, 0.1) is 6.92 Å². The number of aryl methyl sites for hydroxylation is 1. The predicted molar refractivity (Wildman–Crippen MR) is 121 cm³/mol. The van der Waals surface area contributed by atoms with Crippen LogP contribution in [0.15, 0.2) is 53.4 Å². The number of rotatable bonds is 9. The maximum absolute atomic E-state index is 13.3. The van der Waals surface area contributed by atoms with Crippen molar-refractivity contribution in [3.63, 3.8) is 0 Å². The fourth-order valence-electron chi connectivity index (χ4n) is 3.46. The Kier molecular flexibility index (Phi) is 7.19. The van der Waals surface area contributed by atoms with Gasteiger partial charge >= 0.3 is 0 Å². The van der Waals surface area contributed by atoms with Crippen LogP contribution in [0.25, 0.3) is 0 Å². The zero-order chi connectivity index (χ0) is 22.8. The molecule has 1 saturated carbocycles. The first-order valence-electron chi connectivity index (χ1n) is 10.7. The average molecular weight is 445 g/mol. The van der Waals surface area contributed by atoms with Gasteiger partial charge in [0.25, 0.3) is 0 Å². The number of amides is 1. The van der Waals surface area contributed by atoms with Gasteiger partial charge in [0.1, 0.15) is 6.04 Å². The molecule has 2 atom stereocenters. The number of aliphatic hydroxyl groups excluding tert-OH is 1. The summed E-state index contributed by atoms with van der Waals surface area (Å²) in [4.78, 5) is 15.1. The predicted octanol–water partition coefficient (Wildman–Crippen LogP) is 3.34. The van der Waals surface area contributed by atoms with Gasteiger partial charge in [0.15, 0.2) is 0 Å². The molecule has 0 aromatic heterocycles. The van der Waals surface area contributed by atoms with E-state index in [1.54, 1.807) is 17.0 Å². The minimum absolute atomic E-state index is 0.0683. The lowest BCUT2D eigenvalue weighted by atomic mass is 10.0. The van der Waals surface area contributed by atoms with E-state index in [0.717, 1.165) is 24.0 Å². The van der Waals surface area contributed by atoms with Gasteiger partial charge in [-0.2, -0.15) is 4.72 Å². The van der Waals surface area contributed by atoms with Gasteiger partial charge in [-0.25, -0.2) is 8.42 Å². The topological polar surface area (TPSA) is 86.7 Å². The van der Waals surface area contributed by atoms with E-state index >= 15 is 0 Å². The number of aliphatic hydroxyl groups is 1. The molecule has 1 aliphatic rings. The number of sulfonamides is 1. The first-order chi connectivity index (χ1) is 14.6. The fourth-order valence-corrected chi connectivity index (χ4v) is 4.73. The van der Waals surface area contributed by atoms with Crippen molar-refractivity contribution < 1.29 is 18.3 Å². The average Bonchev–Trinajstić information content (AvgIpc) is 3.55. The van der Waals surface area contributed by atoms with Gasteiger partial charge in [-0.05, 0) is 55.9 Å². The van der Waals surface area contributed by atoms with E-state index in [-0.39, 0.29) is 10.9 Å². The molecule has 1 aliphatic carbocycles. The van der Waals surface area contributed by atoms with Crippen LogP contribution in [0.2, 0.25) is 0 Å². The summed E-state index contributed by atoms with van der Waals surface area (Å²) in [6.07, 6.45) is 0.595. The molecule has 2 N–H and O–H groups in total. The monoisotopic (exact) mass is 444 g/mol. The first kappa shape index (κ1) is 23.4. The summed E-state index contributed by atoms with van der Waals surface area (Å²) in [5.74, 6) is 0.0205. The standard InChI is InChI=1S/C24H32N2O4S/c1-16(2)20-9-7-19(8-10-20)15-26(21-11-12-21)24(28)23(18(4)27)25-31(29,30)22-13-5-17(3)6-14-22/h5-10,13-14,16,18,21,23,25,27H,11-12,15H2,1-4H3. The number of carbonyl (C=O) groups excluding carboxylic acids is 1. The van der Waals surface area contributed by atoms with Crippen LogP contribution in [0.4, 0.5) is 0 Å². The third kappa shape index (κ3) is 5.93. The highest BCUT2D eigenvalue weighted by molar-refractivity contribution is 7.89. The van der Waals surface area contributed by atoms with Crippen molar-refractivity contribution in [1.82, 2.24) is 9.62 Å². The van der Waals surface area contributed by atoms with Crippen LogP contribution in [-0.4, -0.2) is 42.5 Å². The van der Waals surface area contributed by atoms with Gasteiger partial charge in [-0.1, -0.05) is 55.8 Å². The van der Waals surface area contributed by atoms with E-state index in [9.17, 15) is 18.3 Å². The van der Waals surface area contributed by atoms with Crippen molar-refractivity contribution in [2.45, 2.75) is 76.1 Å². The summed E-state index contributed by atoms with van der Waals surface area (Å²) in [5.41, 5.74) is 3.14. The quantitative estimate of drug-likeness (QED) is 0.621. The van der Waals surface area contributed by atoms with Crippen molar-refractivity contribution in [3.05, 3.63) is 65.2 Å². The lowest BCUT2D eigenvalue weighted by Gasteiger charge is -2.29. The van der Waals surface area contributed by atoms with Crippen LogP contribution < -0.4 is 4.72 Å². The van der Waals surface area contributed by atoms with Gasteiger partial charge in [0.2, 0.25) is 15.9 Å². The zero-order valence-corrected chi connectivity index (χ0v) is 19.4. The van der Waals surface area contributed by atoms with Crippen molar-refractivity contribution in [3.8, 4) is 0 Å². The highest BCUT2D eigenvalue weighted by Crippen LogP contribution is 2.30. The molecule has 0 radical (unpaired) electrons. The molecule has 168 valence electrons. The van der Waals surface area contributed by atoms with E-state index < -0.39 is 28.1 Å². The van der Waals surface area contributed by atoms with Crippen LogP contribution in [-0.2, 0) is 21.4 Å². The molecule has 7 heteroatoms. The van der Waals surface area contributed by atoms with Crippen molar-refractivity contribution >= 4 is 15.9 Å². The second kappa shape index (κ2) is 9.51. The summed E-state index contributed by atoms with van der Waals surface area (Å²) < 4.78 is 28.1. The van der Waals surface area contributed by atoms with E-state index in [2.05, 4.69) is 30.7 Å². The number of nitrogens with zero attached hydrogens (tertiary/aromatic N) is 1. The minimum Gasteiger partial charge on any atom is -0.391 e. The largest absolute Gasteiger partial charge is 0.391 e. The molecule has 3 rings (SSSR count). The maximum Gasteiger partial charge on any atom is 0.243 e. The Morgan fingerprint density at radius 2 is 1.65 bits per heavy atom. The zero-order valence-electron chi connectivity index (χ0n) is 18.6. The first-order valence-corrected chi connectivity index (χ1v) is 12.2. The SMILES string of the molecule is Cc1ccc(S(=O)(=O)NC(C(=O)N(Cc2ccc(C(C)C)cc2)C2CC2)C(C)O)cc1. The molecule has 31 heavy (non-hydrogen) atoms. The molecular formula is C24H32N2O4S. The molecule has 2 aromatic carbocycles. The smallest absolute Gasteiger partial charge is 0.243 e. The Labute approximate surface area is 185 Å². The Balaban J connectivity index is 1.80. The van der Waals surface area contributed by atoms with Gasteiger partial charge in [-0.15, -0.1) is 0 Å². The molecule has 1 fully saturated rings. The Morgan fingerprint density at radius 3 is 2.13 bits per heavy atom. The van der Waals surface area contributed by atoms with Crippen molar-refractivity contribution in [2.24, 2.45) is 0 Å². The highest BCUT2D eigenvalue weighted by Gasteiger charge is 2.39. The third-order valence-corrected chi connectivity index (χ3v) is 7.09. The van der Waals surface area contributed by atoms with Gasteiger partial charge in [0, 0.05) is 12.6 Å².